The molecule has 12 heteroatoms. The Hall–Kier alpha value is -2.34. The maximum Gasteiger partial charge on any atom is 0.312 e. The molecule has 10 nitrogen and oxygen atoms in total. The minimum atomic E-state index is -0.972. The van der Waals surface area contributed by atoms with E-state index in [-0.39, 0.29) is 24.4 Å². The van der Waals surface area contributed by atoms with Crippen molar-refractivity contribution in [2.24, 2.45) is 10.6 Å². The quantitative estimate of drug-likeness (QED) is 0.336. The molecule has 26 heavy (non-hydrogen) atoms. The number of carboxylic acid groups (broad SMARTS) is 1. The van der Waals surface area contributed by atoms with Gasteiger partial charge in [-0.15, -0.1) is 23.1 Å². The summed E-state index contributed by atoms with van der Waals surface area (Å²) in [4.78, 5) is 45.8. The predicted octanol–water partition coefficient (Wildman–Crippen LogP) is -0.281. The maximum absolute atomic E-state index is 12.2. The van der Waals surface area contributed by atoms with Gasteiger partial charge in [0.25, 0.3) is 5.91 Å². The van der Waals surface area contributed by atoms with E-state index in [9.17, 15) is 19.5 Å². The van der Waals surface area contributed by atoms with E-state index in [1.165, 1.54) is 28.0 Å². The Morgan fingerprint density at radius 1 is 1.65 bits per heavy atom. The largest absolute Gasteiger partial charge is 0.481 e. The Morgan fingerprint density at radius 3 is 3.08 bits per heavy atom. The van der Waals surface area contributed by atoms with Crippen molar-refractivity contribution in [2.45, 2.75) is 24.9 Å². The number of carbonyl (C=O) groups excluding carboxylic acids is 2. The fourth-order valence-electron chi connectivity index (χ4n) is 2.60. The van der Waals surface area contributed by atoms with Gasteiger partial charge in [0, 0.05) is 17.7 Å². The van der Waals surface area contributed by atoms with Crippen LogP contribution in [0.4, 0.5) is 5.13 Å². The zero-order valence-electron chi connectivity index (χ0n) is 13.7. The lowest BCUT2D eigenvalue weighted by atomic mass is 9.89. The Balaban J connectivity index is 1.46. The highest BCUT2D eigenvalue weighted by atomic mass is 32.2. The van der Waals surface area contributed by atoms with Gasteiger partial charge in [0.05, 0.1) is 11.1 Å². The first kappa shape index (κ1) is 18.5. The molecular formula is C14H17N5O5S2. The average molecular weight is 399 g/mol. The molecule has 0 spiro atoms. The summed E-state index contributed by atoms with van der Waals surface area (Å²) in [5, 5.41) is 17.2. The Bertz CT molecular complexity index is 769. The first-order chi connectivity index (χ1) is 12.3. The molecule has 4 N–H and O–H groups in total. The summed E-state index contributed by atoms with van der Waals surface area (Å²) in [5.74, 6) is -1.42. The van der Waals surface area contributed by atoms with Crippen LogP contribution in [0.2, 0.25) is 0 Å². The number of carbonyl (C=O) groups is 3. The molecule has 0 aliphatic carbocycles. The summed E-state index contributed by atoms with van der Waals surface area (Å²) in [7, 11) is 0. The highest BCUT2D eigenvalue weighted by Crippen LogP contribution is 2.41. The minimum absolute atomic E-state index is 0.0832. The van der Waals surface area contributed by atoms with Gasteiger partial charge in [-0.3, -0.25) is 14.4 Å². The molecule has 0 aromatic carbocycles. The first-order valence-corrected chi connectivity index (χ1v) is 9.54. The molecule has 2 aliphatic rings. The molecule has 0 saturated carbocycles. The van der Waals surface area contributed by atoms with Gasteiger partial charge in [-0.25, -0.2) is 4.98 Å². The summed E-state index contributed by atoms with van der Waals surface area (Å²) in [5.41, 5.74) is 5.12. The van der Waals surface area contributed by atoms with Crippen LogP contribution in [-0.4, -0.2) is 62.7 Å². The number of hydrogen-bond acceptors (Lipinski definition) is 9. The summed E-state index contributed by atoms with van der Waals surface area (Å²) in [6.45, 7) is 1.83. The van der Waals surface area contributed by atoms with Crippen LogP contribution in [0.1, 0.15) is 12.6 Å². The first-order valence-electron chi connectivity index (χ1n) is 7.61. The van der Waals surface area contributed by atoms with E-state index < -0.39 is 23.3 Å². The van der Waals surface area contributed by atoms with E-state index in [2.05, 4.69) is 15.5 Å². The van der Waals surface area contributed by atoms with Gasteiger partial charge >= 0.3 is 5.97 Å². The van der Waals surface area contributed by atoms with E-state index in [0.717, 1.165) is 6.21 Å². The van der Waals surface area contributed by atoms with Gasteiger partial charge in [0.15, 0.2) is 11.7 Å². The molecule has 2 fully saturated rings. The zero-order chi connectivity index (χ0) is 18.9. The number of thiazole rings is 1. The fourth-order valence-corrected chi connectivity index (χ4v) is 4.64. The van der Waals surface area contributed by atoms with Crippen LogP contribution < -0.4 is 11.1 Å². The standard InChI is InChI=1S/C14H17N5O5S2/c1-14(12(22)23)5-19-10(21)9(11(19)26-6-14)18-8(20)2-16-24-3-7-4-25-13(15)17-7/h2,4,9,11H,3,5-6H2,1H3,(H2,15,17)(H,18,20)(H,22,23)/t9?,11-,14?/m1/s1. The van der Waals surface area contributed by atoms with Crippen LogP contribution in [-0.2, 0) is 25.8 Å². The highest BCUT2D eigenvalue weighted by molar-refractivity contribution is 8.00. The number of nitrogen functional groups attached to an aromatic ring is 1. The van der Waals surface area contributed by atoms with E-state index in [0.29, 0.717) is 16.6 Å². The molecule has 1 aromatic rings. The SMILES string of the molecule is CC1(C(=O)O)CS[C@@H]2C(NC(=O)C=NOCc3csc(N)n3)C(=O)N2C1. The second kappa shape index (κ2) is 7.11. The Labute approximate surface area is 156 Å². The lowest BCUT2D eigenvalue weighted by Gasteiger charge is -2.53. The van der Waals surface area contributed by atoms with E-state index in [4.69, 9.17) is 10.6 Å². The summed E-state index contributed by atoms with van der Waals surface area (Å²) in [6.07, 6.45) is 0.945. The number of carboxylic acids is 1. The maximum atomic E-state index is 12.2. The number of anilines is 1. The predicted molar refractivity (Wildman–Crippen MR) is 95.4 cm³/mol. The van der Waals surface area contributed by atoms with Crippen LogP contribution in [0.5, 0.6) is 0 Å². The number of thioether (sulfide) groups is 1. The third-order valence-corrected chi connectivity index (χ3v) is 6.47. The average Bonchev–Trinajstić information content (AvgIpc) is 3.02. The smallest absolute Gasteiger partial charge is 0.312 e. The number of oxime groups is 1. The zero-order valence-corrected chi connectivity index (χ0v) is 15.4. The molecule has 2 amide bonds. The lowest BCUT2D eigenvalue weighted by molar-refractivity contribution is -0.157. The topological polar surface area (TPSA) is 147 Å². The van der Waals surface area contributed by atoms with Gasteiger partial charge in [0.1, 0.15) is 17.6 Å². The van der Waals surface area contributed by atoms with Crippen molar-refractivity contribution in [3.05, 3.63) is 11.1 Å². The second-order valence-corrected chi connectivity index (χ2v) is 8.20. The third-order valence-electron chi connectivity index (χ3n) is 4.07. The van der Waals surface area contributed by atoms with Gasteiger partial charge in [-0.2, -0.15) is 0 Å². The third kappa shape index (κ3) is 3.60. The summed E-state index contributed by atoms with van der Waals surface area (Å²) in [6, 6.07) is -0.685. The molecule has 3 atom stereocenters. The van der Waals surface area contributed by atoms with E-state index in [1.807, 2.05) is 0 Å². The number of fused-ring (bicyclic) bond motifs is 1. The van der Waals surface area contributed by atoms with E-state index in [1.54, 1.807) is 12.3 Å². The van der Waals surface area contributed by atoms with Gasteiger partial charge in [-0.1, -0.05) is 5.16 Å². The Morgan fingerprint density at radius 2 is 2.42 bits per heavy atom. The fraction of sp³-hybridized carbons (Fsp3) is 0.500. The molecule has 140 valence electrons. The number of nitrogens with zero attached hydrogens (tertiary/aromatic N) is 3. The van der Waals surface area contributed by atoms with Crippen molar-refractivity contribution in [2.75, 3.05) is 18.0 Å². The summed E-state index contributed by atoms with van der Waals surface area (Å²) < 4.78 is 0. The normalized spacial score (nSPS) is 27.7. The van der Waals surface area contributed by atoms with Crippen molar-refractivity contribution >= 4 is 52.2 Å². The monoisotopic (exact) mass is 399 g/mol. The molecule has 2 saturated heterocycles. The second-order valence-electron chi connectivity index (χ2n) is 6.20. The molecule has 2 unspecified atom stereocenters. The lowest BCUT2D eigenvalue weighted by Crippen LogP contribution is -2.73. The van der Waals surface area contributed by atoms with Crippen LogP contribution in [0.15, 0.2) is 10.5 Å². The van der Waals surface area contributed by atoms with Gasteiger partial charge in [-0.05, 0) is 6.92 Å². The van der Waals surface area contributed by atoms with Crippen molar-refractivity contribution in [3.8, 4) is 0 Å². The number of aromatic nitrogens is 1. The minimum Gasteiger partial charge on any atom is -0.481 e. The van der Waals surface area contributed by atoms with Crippen molar-refractivity contribution in [3.63, 3.8) is 0 Å². The number of aliphatic carboxylic acids is 1. The van der Waals surface area contributed by atoms with Crippen LogP contribution in [0, 0.1) is 5.41 Å². The number of nitrogens with two attached hydrogens (primary N) is 1. The number of hydrogen-bond donors (Lipinski definition) is 3. The van der Waals surface area contributed by atoms with E-state index >= 15 is 0 Å². The van der Waals surface area contributed by atoms with Crippen LogP contribution in [0.3, 0.4) is 0 Å². The number of amides is 2. The van der Waals surface area contributed by atoms with Gasteiger partial charge < -0.3 is 25.9 Å². The van der Waals surface area contributed by atoms with Crippen molar-refractivity contribution in [1.29, 1.82) is 0 Å². The van der Waals surface area contributed by atoms with Crippen molar-refractivity contribution < 1.29 is 24.3 Å². The molecule has 0 radical (unpaired) electrons. The molecule has 1 aromatic heterocycles. The molecular weight excluding hydrogens is 382 g/mol. The molecule has 3 heterocycles. The highest BCUT2D eigenvalue weighted by Gasteiger charge is 2.55. The number of β-lactam (4-membered cyclic amide) rings is 1. The van der Waals surface area contributed by atoms with Crippen LogP contribution >= 0.6 is 23.1 Å². The Kier molecular flexibility index (Phi) is 5.05. The van der Waals surface area contributed by atoms with Gasteiger partial charge in [0.2, 0.25) is 5.91 Å². The molecule has 2 aliphatic heterocycles. The molecule has 3 rings (SSSR count). The van der Waals surface area contributed by atoms with Crippen LogP contribution in [0.25, 0.3) is 0 Å². The summed E-state index contributed by atoms with van der Waals surface area (Å²) >= 11 is 2.62. The molecule has 0 bridgehead atoms. The number of nitrogens with one attached hydrogen (secondary N) is 1. The van der Waals surface area contributed by atoms with Crippen molar-refractivity contribution in [1.82, 2.24) is 15.2 Å². The number of rotatable bonds is 6.